The fourth-order valence-corrected chi connectivity index (χ4v) is 1.82. The summed E-state index contributed by atoms with van der Waals surface area (Å²) in [5.74, 6) is 0.766. The Kier molecular flexibility index (Phi) is 6.20. The summed E-state index contributed by atoms with van der Waals surface area (Å²) >= 11 is 0. The highest BCUT2D eigenvalue weighted by molar-refractivity contribution is 4.71. The van der Waals surface area contributed by atoms with Gasteiger partial charge in [-0.25, -0.2) is 0 Å². The van der Waals surface area contributed by atoms with Gasteiger partial charge in [-0.3, -0.25) is 0 Å². The lowest BCUT2D eigenvalue weighted by Crippen LogP contribution is -2.34. The van der Waals surface area contributed by atoms with Crippen molar-refractivity contribution in [3.05, 3.63) is 0 Å². The topological polar surface area (TPSA) is 21.3 Å². The van der Waals surface area contributed by atoms with Gasteiger partial charge in [0, 0.05) is 19.3 Å². The molecule has 0 aromatic carbocycles. The van der Waals surface area contributed by atoms with E-state index >= 15 is 0 Å². The summed E-state index contributed by atoms with van der Waals surface area (Å²) in [6, 6.07) is 0.725. The molecule has 84 valence electrons. The zero-order valence-electron chi connectivity index (χ0n) is 9.72. The molecule has 1 fully saturated rings. The third-order valence-corrected chi connectivity index (χ3v) is 2.86. The van der Waals surface area contributed by atoms with Gasteiger partial charge in [0.05, 0.1) is 0 Å². The Hall–Kier alpha value is -0.0800. The lowest BCUT2D eigenvalue weighted by atomic mass is 10.0. The molecule has 1 N–H and O–H groups in total. The molecule has 0 aromatic heterocycles. The van der Waals surface area contributed by atoms with Crippen LogP contribution < -0.4 is 5.32 Å². The second-order valence-corrected chi connectivity index (χ2v) is 4.73. The summed E-state index contributed by atoms with van der Waals surface area (Å²) in [7, 11) is 0. The Morgan fingerprint density at radius 2 is 2.14 bits per heavy atom. The van der Waals surface area contributed by atoms with E-state index in [-0.39, 0.29) is 0 Å². The van der Waals surface area contributed by atoms with Crippen LogP contribution in [0.1, 0.15) is 46.0 Å². The molecular weight excluding hydrogens is 174 g/mol. The second kappa shape index (κ2) is 7.24. The molecule has 0 amide bonds. The van der Waals surface area contributed by atoms with Crippen molar-refractivity contribution < 1.29 is 4.74 Å². The van der Waals surface area contributed by atoms with E-state index < -0.39 is 0 Å². The average Bonchev–Trinajstić information content (AvgIpc) is 2.18. The molecule has 1 aliphatic heterocycles. The summed E-state index contributed by atoms with van der Waals surface area (Å²) in [4.78, 5) is 0. The number of hydrogen-bond acceptors (Lipinski definition) is 2. The van der Waals surface area contributed by atoms with Gasteiger partial charge in [0.25, 0.3) is 0 Å². The van der Waals surface area contributed by atoms with Gasteiger partial charge in [-0.2, -0.15) is 0 Å². The van der Waals surface area contributed by atoms with Crippen molar-refractivity contribution in [3.63, 3.8) is 0 Å². The van der Waals surface area contributed by atoms with Crippen LogP contribution in [0.5, 0.6) is 0 Å². The number of nitrogens with one attached hydrogen (secondary N) is 1. The third-order valence-electron chi connectivity index (χ3n) is 2.86. The van der Waals surface area contributed by atoms with E-state index in [1.54, 1.807) is 0 Å². The van der Waals surface area contributed by atoms with Gasteiger partial charge in [0.15, 0.2) is 0 Å². The molecule has 0 aromatic rings. The molecule has 0 aliphatic carbocycles. The van der Waals surface area contributed by atoms with Crippen molar-refractivity contribution >= 4 is 0 Å². The maximum Gasteiger partial charge on any atom is 0.0480 e. The molecule has 1 rings (SSSR count). The van der Waals surface area contributed by atoms with Crippen LogP contribution in [0, 0.1) is 5.92 Å². The first-order valence-electron chi connectivity index (χ1n) is 6.10. The van der Waals surface area contributed by atoms with E-state index in [0.29, 0.717) is 0 Å². The Morgan fingerprint density at radius 3 is 2.79 bits per heavy atom. The van der Waals surface area contributed by atoms with Crippen molar-refractivity contribution in [3.8, 4) is 0 Å². The van der Waals surface area contributed by atoms with E-state index in [0.717, 1.165) is 25.2 Å². The van der Waals surface area contributed by atoms with Gasteiger partial charge in [-0.1, -0.05) is 20.3 Å². The molecular formula is C12H25NO. The predicted molar refractivity (Wildman–Crippen MR) is 60.5 cm³/mol. The molecule has 1 atom stereocenters. The lowest BCUT2D eigenvalue weighted by Gasteiger charge is -2.23. The van der Waals surface area contributed by atoms with Crippen LogP contribution in [0.4, 0.5) is 0 Å². The van der Waals surface area contributed by atoms with E-state index in [1.165, 1.54) is 38.6 Å². The minimum absolute atomic E-state index is 0.725. The van der Waals surface area contributed by atoms with Crippen LogP contribution in [0.25, 0.3) is 0 Å². The summed E-state index contributed by atoms with van der Waals surface area (Å²) in [5.41, 5.74) is 0. The normalized spacial score (nSPS) is 22.9. The standard InChI is InChI=1S/C12H25NO/c1-11(2)6-9-14-10-7-12-5-3-4-8-13-12/h11-13H,3-10H2,1-2H3. The van der Waals surface area contributed by atoms with Gasteiger partial charge in [0.2, 0.25) is 0 Å². The van der Waals surface area contributed by atoms with Crippen molar-refractivity contribution in [1.82, 2.24) is 5.32 Å². The van der Waals surface area contributed by atoms with E-state index in [1.807, 2.05) is 0 Å². The van der Waals surface area contributed by atoms with Crippen LogP contribution in [-0.4, -0.2) is 25.8 Å². The smallest absolute Gasteiger partial charge is 0.0480 e. The number of piperidine rings is 1. The second-order valence-electron chi connectivity index (χ2n) is 4.73. The Bertz CT molecular complexity index is 130. The molecule has 1 unspecified atom stereocenters. The number of rotatable bonds is 6. The fourth-order valence-electron chi connectivity index (χ4n) is 1.82. The highest BCUT2D eigenvalue weighted by Crippen LogP contribution is 2.10. The highest BCUT2D eigenvalue weighted by Gasteiger charge is 2.11. The van der Waals surface area contributed by atoms with Gasteiger partial charge in [0.1, 0.15) is 0 Å². The first-order valence-corrected chi connectivity index (χ1v) is 6.10. The van der Waals surface area contributed by atoms with Crippen LogP contribution in [-0.2, 0) is 4.74 Å². The minimum atomic E-state index is 0.725. The Morgan fingerprint density at radius 1 is 1.29 bits per heavy atom. The van der Waals surface area contributed by atoms with Gasteiger partial charge in [-0.05, 0) is 38.1 Å². The van der Waals surface area contributed by atoms with Gasteiger partial charge in [-0.15, -0.1) is 0 Å². The molecule has 0 bridgehead atoms. The summed E-state index contributed by atoms with van der Waals surface area (Å²) in [5, 5.41) is 3.54. The Balaban J connectivity index is 1.87. The van der Waals surface area contributed by atoms with E-state index in [2.05, 4.69) is 19.2 Å². The summed E-state index contributed by atoms with van der Waals surface area (Å²) < 4.78 is 5.61. The SMILES string of the molecule is CC(C)CCOCCC1CCCCN1. The first-order chi connectivity index (χ1) is 6.79. The molecule has 2 nitrogen and oxygen atoms in total. The molecule has 1 heterocycles. The molecule has 1 saturated heterocycles. The van der Waals surface area contributed by atoms with Crippen LogP contribution in [0.2, 0.25) is 0 Å². The molecule has 14 heavy (non-hydrogen) atoms. The van der Waals surface area contributed by atoms with Crippen molar-refractivity contribution in [2.24, 2.45) is 5.92 Å². The maximum atomic E-state index is 5.61. The predicted octanol–water partition coefficient (Wildman–Crippen LogP) is 2.58. The molecule has 0 radical (unpaired) electrons. The molecule has 0 spiro atoms. The fraction of sp³-hybridized carbons (Fsp3) is 1.00. The zero-order chi connectivity index (χ0) is 10.2. The van der Waals surface area contributed by atoms with Gasteiger partial charge >= 0.3 is 0 Å². The molecule has 2 heteroatoms. The summed E-state index contributed by atoms with van der Waals surface area (Å²) in [6.07, 6.45) is 6.47. The van der Waals surface area contributed by atoms with Crippen molar-refractivity contribution in [1.29, 1.82) is 0 Å². The average molecular weight is 199 g/mol. The summed E-state index contributed by atoms with van der Waals surface area (Å²) in [6.45, 7) is 7.56. The lowest BCUT2D eigenvalue weighted by molar-refractivity contribution is 0.111. The monoisotopic (exact) mass is 199 g/mol. The highest BCUT2D eigenvalue weighted by atomic mass is 16.5. The largest absolute Gasteiger partial charge is 0.381 e. The van der Waals surface area contributed by atoms with Crippen molar-refractivity contribution in [2.45, 2.75) is 52.0 Å². The van der Waals surface area contributed by atoms with E-state index in [9.17, 15) is 0 Å². The maximum absolute atomic E-state index is 5.61. The Labute approximate surface area is 88.4 Å². The quantitative estimate of drug-likeness (QED) is 0.664. The van der Waals surface area contributed by atoms with Crippen LogP contribution in [0.15, 0.2) is 0 Å². The van der Waals surface area contributed by atoms with Crippen molar-refractivity contribution in [2.75, 3.05) is 19.8 Å². The first kappa shape index (κ1) is 12.0. The number of hydrogen-bond donors (Lipinski definition) is 1. The molecule has 0 saturated carbocycles. The van der Waals surface area contributed by atoms with Gasteiger partial charge < -0.3 is 10.1 Å². The zero-order valence-corrected chi connectivity index (χ0v) is 9.72. The van der Waals surface area contributed by atoms with Crippen LogP contribution >= 0.6 is 0 Å². The van der Waals surface area contributed by atoms with E-state index in [4.69, 9.17) is 4.74 Å². The minimum Gasteiger partial charge on any atom is -0.381 e. The third kappa shape index (κ3) is 5.61. The van der Waals surface area contributed by atoms with Crippen LogP contribution in [0.3, 0.4) is 0 Å². The molecule has 1 aliphatic rings. The number of ether oxygens (including phenoxy) is 1.